The Labute approximate surface area is 126 Å². The number of ether oxygens (including phenoxy) is 1. The van der Waals surface area contributed by atoms with Gasteiger partial charge in [-0.2, -0.15) is 0 Å². The van der Waals surface area contributed by atoms with Gasteiger partial charge in [0.05, 0.1) is 0 Å². The maximum Gasteiger partial charge on any atom is 0.246 e. The zero-order valence-corrected chi connectivity index (χ0v) is 12.3. The lowest BCUT2D eigenvalue weighted by Gasteiger charge is -2.26. The highest BCUT2D eigenvalue weighted by Gasteiger charge is 2.35. The molecule has 0 radical (unpaired) electrons. The van der Waals surface area contributed by atoms with Crippen molar-refractivity contribution < 1.29 is 14.3 Å². The van der Waals surface area contributed by atoms with Gasteiger partial charge in [-0.3, -0.25) is 9.59 Å². The second-order valence-electron chi connectivity index (χ2n) is 3.65. The molecule has 1 rings (SSSR count). The second kappa shape index (κ2) is 6.98. The number of carbonyl (C=O) groups excluding carboxylic acids is 2. The van der Waals surface area contributed by atoms with Crippen LogP contribution in [0, 0.1) is 0 Å². The smallest absolute Gasteiger partial charge is 0.246 e. The van der Waals surface area contributed by atoms with Crippen molar-refractivity contribution in [3.8, 4) is 5.75 Å². The molecule has 0 unspecified atom stereocenters. The van der Waals surface area contributed by atoms with Crippen LogP contribution in [0.5, 0.6) is 5.75 Å². The third-order valence-electron chi connectivity index (χ3n) is 2.18. The van der Waals surface area contributed by atoms with Gasteiger partial charge in [-0.1, -0.05) is 41.7 Å². The van der Waals surface area contributed by atoms with Crippen molar-refractivity contribution in [2.45, 2.75) is 23.4 Å². The van der Waals surface area contributed by atoms with E-state index in [0.29, 0.717) is 17.6 Å². The summed E-state index contributed by atoms with van der Waals surface area (Å²) in [5.41, 5.74) is 0.496. The molecule has 0 aliphatic rings. The van der Waals surface area contributed by atoms with Crippen LogP contribution in [0.25, 0.3) is 0 Å². The van der Waals surface area contributed by atoms with Gasteiger partial charge in [0.15, 0.2) is 0 Å². The lowest BCUT2D eigenvalue weighted by Crippen LogP contribution is -2.47. The van der Waals surface area contributed by atoms with Gasteiger partial charge >= 0.3 is 0 Å². The van der Waals surface area contributed by atoms with Crippen LogP contribution in [0.1, 0.15) is 23.7 Å². The van der Waals surface area contributed by atoms with Gasteiger partial charge in [-0.15, -0.1) is 0 Å². The molecule has 19 heavy (non-hydrogen) atoms. The highest BCUT2D eigenvalue weighted by molar-refractivity contribution is 6.68. The monoisotopic (exact) mass is 323 g/mol. The molecule has 0 saturated carbocycles. The predicted molar refractivity (Wildman–Crippen MR) is 75.0 cm³/mol. The zero-order valence-electron chi connectivity index (χ0n) is 10.0. The molecule has 0 spiro atoms. The van der Waals surface area contributed by atoms with Crippen molar-refractivity contribution >= 4 is 47.0 Å². The van der Waals surface area contributed by atoms with Crippen molar-refractivity contribution in [1.82, 2.24) is 5.32 Å². The molecule has 0 heterocycles. The quantitative estimate of drug-likeness (QED) is 0.514. The highest BCUT2D eigenvalue weighted by Crippen LogP contribution is 2.32. The van der Waals surface area contributed by atoms with Gasteiger partial charge in [0.25, 0.3) is 0 Å². The van der Waals surface area contributed by atoms with Gasteiger partial charge in [0.1, 0.15) is 12.0 Å². The van der Waals surface area contributed by atoms with E-state index in [1.165, 1.54) is 0 Å². The minimum atomic E-state index is -1.81. The van der Waals surface area contributed by atoms with Gasteiger partial charge in [-0.25, -0.2) is 0 Å². The third-order valence-corrected chi connectivity index (χ3v) is 2.78. The number of hydrogen-bond donors (Lipinski definition) is 1. The van der Waals surface area contributed by atoms with E-state index in [-0.39, 0.29) is 12.3 Å². The summed E-state index contributed by atoms with van der Waals surface area (Å²) in [7, 11) is 0. The summed E-state index contributed by atoms with van der Waals surface area (Å²) in [6, 6.07) is 6.20. The number of halogens is 3. The first kappa shape index (κ1) is 16.1. The van der Waals surface area contributed by atoms with Crippen LogP contribution in [0.15, 0.2) is 24.3 Å². The van der Waals surface area contributed by atoms with E-state index in [4.69, 9.17) is 39.5 Å². The normalized spacial score (nSPS) is 12.6. The molecular formula is C12H12Cl3NO3. The molecule has 1 atom stereocenters. The average Bonchev–Trinajstić information content (AvgIpc) is 2.37. The summed E-state index contributed by atoms with van der Waals surface area (Å²) in [6.07, 6.45) is -0.174. The SMILES string of the molecule is CCC(=O)N[C@@H](Oc1ccc(C=O)cc1)C(Cl)(Cl)Cl. The Bertz CT molecular complexity index is 443. The fraction of sp³-hybridized carbons (Fsp3) is 0.333. The maximum atomic E-state index is 11.3. The maximum absolute atomic E-state index is 11.3. The number of rotatable bonds is 5. The van der Waals surface area contributed by atoms with E-state index in [9.17, 15) is 9.59 Å². The van der Waals surface area contributed by atoms with Gasteiger partial charge in [0, 0.05) is 12.0 Å². The molecule has 1 amide bonds. The first-order valence-corrected chi connectivity index (χ1v) is 6.58. The minimum Gasteiger partial charge on any atom is -0.466 e. The summed E-state index contributed by atoms with van der Waals surface area (Å²) in [6.45, 7) is 1.67. The first-order chi connectivity index (χ1) is 8.86. The molecular weight excluding hydrogens is 312 g/mol. The van der Waals surface area contributed by atoms with Crippen LogP contribution in [0.4, 0.5) is 0 Å². The molecule has 0 aliphatic carbocycles. The summed E-state index contributed by atoms with van der Waals surface area (Å²) < 4.78 is 3.60. The molecule has 0 fully saturated rings. The zero-order chi connectivity index (χ0) is 14.5. The van der Waals surface area contributed by atoms with E-state index >= 15 is 0 Å². The van der Waals surface area contributed by atoms with E-state index in [2.05, 4.69) is 5.32 Å². The second-order valence-corrected chi connectivity index (χ2v) is 6.02. The Hall–Kier alpha value is -0.970. The van der Waals surface area contributed by atoms with Crippen molar-refractivity contribution in [3.63, 3.8) is 0 Å². The Balaban J connectivity index is 2.81. The Kier molecular flexibility index (Phi) is 5.91. The average molecular weight is 325 g/mol. The molecule has 104 valence electrons. The van der Waals surface area contributed by atoms with E-state index in [1.54, 1.807) is 31.2 Å². The lowest BCUT2D eigenvalue weighted by atomic mass is 10.2. The molecule has 1 aromatic rings. The molecule has 0 aromatic heterocycles. The number of amides is 1. The van der Waals surface area contributed by atoms with Gasteiger partial charge in [-0.05, 0) is 24.3 Å². The number of hydrogen-bond acceptors (Lipinski definition) is 3. The fourth-order valence-electron chi connectivity index (χ4n) is 1.19. The van der Waals surface area contributed by atoms with Gasteiger partial charge in [0.2, 0.25) is 15.9 Å². The van der Waals surface area contributed by atoms with Gasteiger partial charge < -0.3 is 10.1 Å². The van der Waals surface area contributed by atoms with Crippen LogP contribution in [0.3, 0.4) is 0 Å². The topological polar surface area (TPSA) is 55.4 Å². The minimum absolute atomic E-state index is 0.241. The van der Waals surface area contributed by atoms with E-state index < -0.39 is 10.0 Å². The van der Waals surface area contributed by atoms with Crippen molar-refractivity contribution in [3.05, 3.63) is 29.8 Å². The molecule has 4 nitrogen and oxygen atoms in total. The number of carbonyl (C=O) groups is 2. The number of nitrogens with one attached hydrogen (secondary N) is 1. The van der Waals surface area contributed by atoms with Crippen LogP contribution >= 0.6 is 34.8 Å². The number of alkyl halides is 3. The molecule has 0 aliphatic heterocycles. The number of benzene rings is 1. The Morgan fingerprint density at radius 2 is 1.95 bits per heavy atom. The van der Waals surface area contributed by atoms with Crippen molar-refractivity contribution in [2.24, 2.45) is 0 Å². The molecule has 7 heteroatoms. The highest BCUT2D eigenvalue weighted by atomic mass is 35.6. The summed E-state index contributed by atoms with van der Waals surface area (Å²) in [4.78, 5) is 21.9. The number of aldehydes is 1. The standard InChI is InChI=1S/C12H12Cl3NO3/c1-2-10(18)16-11(12(13,14)15)19-9-5-3-8(7-17)4-6-9/h3-7,11H,2H2,1H3,(H,16,18)/t11-/m0/s1. The van der Waals surface area contributed by atoms with Crippen LogP contribution in [-0.2, 0) is 4.79 Å². The molecule has 0 saturated heterocycles. The van der Waals surface area contributed by atoms with E-state index in [1.807, 2.05) is 0 Å². The van der Waals surface area contributed by atoms with Crippen LogP contribution in [-0.4, -0.2) is 22.2 Å². The Morgan fingerprint density at radius 1 is 1.37 bits per heavy atom. The summed E-state index contributed by atoms with van der Waals surface area (Å²) in [5, 5.41) is 2.46. The fourth-order valence-corrected chi connectivity index (χ4v) is 1.48. The lowest BCUT2D eigenvalue weighted by molar-refractivity contribution is -0.123. The van der Waals surface area contributed by atoms with E-state index in [0.717, 1.165) is 0 Å². The summed E-state index contributed by atoms with van der Waals surface area (Å²) >= 11 is 17.2. The third kappa shape index (κ3) is 5.27. The van der Waals surface area contributed by atoms with Crippen LogP contribution in [0.2, 0.25) is 0 Å². The molecule has 1 N–H and O–H groups in total. The van der Waals surface area contributed by atoms with Crippen molar-refractivity contribution in [2.75, 3.05) is 0 Å². The first-order valence-electron chi connectivity index (χ1n) is 5.44. The largest absolute Gasteiger partial charge is 0.466 e. The van der Waals surface area contributed by atoms with Crippen molar-refractivity contribution in [1.29, 1.82) is 0 Å². The van der Waals surface area contributed by atoms with Crippen LogP contribution < -0.4 is 10.1 Å². The Morgan fingerprint density at radius 3 is 2.37 bits per heavy atom. The summed E-state index contributed by atoms with van der Waals surface area (Å²) in [5.74, 6) is 0.0687. The molecule has 0 bridgehead atoms. The molecule has 1 aromatic carbocycles. The predicted octanol–water partition coefficient (Wildman–Crippen LogP) is 3.10.